The number of rotatable bonds is 7. The summed E-state index contributed by atoms with van der Waals surface area (Å²) in [4.78, 5) is 16.2. The van der Waals surface area contributed by atoms with Crippen LogP contribution in [0.25, 0.3) is 87.1 Å². The van der Waals surface area contributed by atoms with Gasteiger partial charge in [-0.15, -0.1) is 11.3 Å². The van der Waals surface area contributed by atoms with Crippen LogP contribution in [0.4, 0.5) is 0 Å². The second-order valence-corrected chi connectivity index (χ2v) is 21.2. The molecule has 7 heteroatoms. The summed E-state index contributed by atoms with van der Waals surface area (Å²) in [7, 11) is -2.93. The molecule has 0 bridgehead atoms. The molecule has 0 radical (unpaired) electrons. The van der Waals surface area contributed by atoms with Gasteiger partial charge in [0.1, 0.15) is 0 Å². The lowest BCUT2D eigenvalue weighted by atomic mass is 10.1. The lowest BCUT2D eigenvalue weighted by Crippen LogP contribution is -2.74. The van der Waals surface area contributed by atoms with Gasteiger partial charge in [-0.1, -0.05) is 194 Å². The summed E-state index contributed by atoms with van der Waals surface area (Å²) in [5, 5.41) is 12.6. The Bertz CT molecular complexity index is 3630. The molecule has 9 aromatic carbocycles. The Balaban J connectivity index is 1.07. The molecule has 0 atom stereocenters. The summed E-state index contributed by atoms with van der Waals surface area (Å²) in [6, 6.07) is 81.3. The van der Waals surface area contributed by atoms with Crippen molar-refractivity contribution in [3.8, 4) is 23.3 Å². The third kappa shape index (κ3) is 5.45. The first-order valence-corrected chi connectivity index (χ1v) is 24.4. The molecule has 0 aliphatic carbocycles. The Morgan fingerprint density at radius 1 is 0.328 bits per heavy atom. The molecule has 5 nitrogen and oxygen atoms in total. The van der Waals surface area contributed by atoms with Crippen LogP contribution in [0.15, 0.2) is 224 Å². The van der Waals surface area contributed by atoms with Crippen molar-refractivity contribution in [3.05, 3.63) is 224 Å². The van der Waals surface area contributed by atoms with E-state index in [0.29, 0.717) is 17.7 Å². The Labute approximate surface area is 373 Å². The summed E-state index contributed by atoms with van der Waals surface area (Å²) < 4.78 is 7.03. The van der Waals surface area contributed by atoms with Crippen molar-refractivity contribution < 1.29 is 0 Å². The van der Waals surface area contributed by atoms with Crippen LogP contribution >= 0.6 is 11.3 Å². The Morgan fingerprint density at radius 3 is 1.23 bits per heavy atom. The van der Waals surface area contributed by atoms with Gasteiger partial charge in [0.2, 0.25) is 11.9 Å². The predicted molar refractivity (Wildman–Crippen MR) is 270 cm³/mol. The van der Waals surface area contributed by atoms with Gasteiger partial charge in [0.25, 0.3) is 0 Å². The molecule has 0 saturated heterocycles. The molecular weight excluding hydrogens is 815 g/mol. The molecule has 0 fully saturated rings. The molecule has 4 aromatic heterocycles. The SMILES string of the molecule is c1ccc([Si](c2ccccc2)(c2ccc(-c3nc(-n4c5ccccc5c5ccccc54)nc(-n4c5ccccc5c5ccccc54)n3)cc2)c2cccc3c2sc2ccccc23)cc1. The van der Waals surface area contributed by atoms with Crippen molar-refractivity contribution in [2.75, 3.05) is 0 Å². The zero-order chi connectivity index (χ0) is 42.2. The lowest BCUT2D eigenvalue weighted by molar-refractivity contribution is 0.893. The summed E-state index contributed by atoms with van der Waals surface area (Å²) in [6.45, 7) is 0. The number of fused-ring (bicyclic) bond motifs is 9. The highest BCUT2D eigenvalue weighted by molar-refractivity contribution is 7.30. The van der Waals surface area contributed by atoms with Crippen molar-refractivity contribution in [1.29, 1.82) is 0 Å². The van der Waals surface area contributed by atoms with Gasteiger partial charge in [-0.3, -0.25) is 9.13 Å². The van der Waals surface area contributed by atoms with Gasteiger partial charge in [0.05, 0.1) is 22.1 Å². The zero-order valence-corrected chi connectivity index (χ0v) is 36.3. The second-order valence-electron chi connectivity index (χ2n) is 16.3. The van der Waals surface area contributed by atoms with E-state index in [9.17, 15) is 0 Å². The van der Waals surface area contributed by atoms with Crippen LogP contribution in [0.5, 0.6) is 0 Å². The number of aromatic nitrogens is 5. The van der Waals surface area contributed by atoms with E-state index in [1.54, 1.807) is 0 Å². The molecule has 0 N–H and O–H groups in total. The number of benzene rings is 9. The van der Waals surface area contributed by atoms with E-state index in [-0.39, 0.29) is 0 Å². The van der Waals surface area contributed by atoms with E-state index in [2.05, 4.69) is 234 Å². The molecular formula is C57H37N5SSi. The maximum atomic E-state index is 5.39. The van der Waals surface area contributed by atoms with Crippen LogP contribution < -0.4 is 20.7 Å². The summed E-state index contributed by atoms with van der Waals surface area (Å²) in [5.41, 5.74) is 5.09. The monoisotopic (exact) mass is 851 g/mol. The van der Waals surface area contributed by atoms with Gasteiger partial charge in [0, 0.05) is 47.3 Å². The van der Waals surface area contributed by atoms with Crippen molar-refractivity contribution in [2.24, 2.45) is 0 Å². The van der Waals surface area contributed by atoms with E-state index < -0.39 is 8.07 Å². The highest BCUT2D eigenvalue weighted by atomic mass is 32.1. The predicted octanol–water partition coefficient (Wildman–Crippen LogP) is 11.5. The molecule has 4 heterocycles. The zero-order valence-electron chi connectivity index (χ0n) is 34.5. The van der Waals surface area contributed by atoms with Gasteiger partial charge in [-0.2, -0.15) is 15.0 Å². The molecule has 0 aliphatic heterocycles. The first kappa shape index (κ1) is 36.7. The average molecular weight is 852 g/mol. The number of para-hydroxylation sites is 4. The molecule has 0 unspecified atom stereocenters. The third-order valence-corrected chi connectivity index (χ3v) is 19.2. The van der Waals surface area contributed by atoms with Gasteiger partial charge < -0.3 is 0 Å². The molecule has 0 saturated carbocycles. The maximum absolute atomic E-state index is 5.39. The quantitative estimate of drug-likeness (QED) is 0.119. The summed E-state index contributed by atoms with van der Waals surface area (Å²) >= 11 is 1.91. The molecule has 64 heavy (non-hydrogen) atoms. The van der Waals surface area contributed by atoms with Gasteiger partial charge >= 0.3 is 0 Å². The third-order valence-electron chi connectivity index (χ3n) is 13.0. The van der Waals surface area contributed by atoms with Gasteiger partial charge in [0.15, 0.2) is 13.9 Å². The largest absolute Gasteiger partial charge is 0.278 e. The van der Waals surface area contributed by atoms with E-state index in [0.717, 1.165) is 49.2 Å². The Morgan fingerprint density at radius 2 is 0.734 bits per heavy atom. The number of thiophene rings is 1. The molecule has 13 aromatic rings. The van der Waals surface area contributed by atoms with E-state index in [1.807, 2.05) is 11.3 Å². The first-order chi connectivity index (χ1) is 31.8. The molecule has 0 spiro atoms. The first-order valence-electron chi connectivity index (χ1n) is 21.6. The number of hydrogen-bond donors (Lipinski definition) is 0. The minimum atomic E-state index is -2.93. The van der Waals surface area contributed by atoms with Gasteiger partial charge in [-0.25, -0.2) is 0 Å². The molecule has 13 rings (SSSR count). The smallest absolute Gasteiger partial charge is 0.240 e. The molecule has 0 amide bonds. The van der Waals surface area contributed by atoms with Crippen LogP contribution in [-0.2, 0) is 0 Å². The van der Waals surface area contributed by atoms with E-state index in [4.69, 9.17) is 15.0 Å². The van der Waals surface area contributed by atoms with Crippen molar-refractivity contribution in [2.45, 2.75) is 0 Å². The average Bonchev–Trinajstić information content (AvgIpc) is 4.03. The maximum Gasteiger partial charge on any atom is 0.240 e. The van der Waals surface area contributed by atoms with Crippen LogP contribution in [0.2, 0.25) is 0 Å². The van der Waals surface area contributed by atoms with Crippen LogP contribution in [0, 0.1) is 0 Å². The number of nitrogens with zero attached hydrogens (tertiary/aromatic N) is 5. The Hall–Kier alpha value is -7.97. The minimum Gasteiger partial charge on any atom is -0.278 e. The topological polar surface area (TPSA) is 48.5 Å². The van der Waals surface area contributed by atoms with Crippen molar-refractivity contribution >= 4 is 104 Å². The van der Waals surface area contributed by atoms with Crippen molar-refractivity contribution in [1.82, 2.24) is 24.1 Å². The Kier molecular flexibility index (Phi) is 8.34. The number of hydrogen-bond acceptors (Lipinski definition) is 4. The van der Waals surface area contributed by atoms with Gasteiger partial charge in [-0.05, 0) is 51.1 Å². The van der Waals surface area contributed by atoms with Crippen LogP contribution in [-0.4, -0.2) is 32.2 Å². The standard InChI is InChI=1S/C57H37N5SSi/c1-3-18-39(19-4-1)64(40-20-5-2-6-21-40,53-33-17-27-47-46-26-11-16-32-52(46)63-54(47)53)41-36-34-38(35-37-41)55-58-56(61-48-28-12-7-22-42(48)43-23-8-13-29-49(43)61)60-57(59-55)62-50-30-14-9-24-44(50)45-25-10-15-31-51(45)62/h1-37H. The minimum absolute atomic E-state index is 0.567. The lowest BCUT2D eigenvalue weighted by Gasteiger charge is -2.35. The van der Waals surface area contributed by atoms with Crippen LogP contribution in [0.1, 0.15) is 0 Å². The fraction of sp³-hybridized carbons (Fsp3) is 0. The fourth-order valence-electron chi connectivity index (χ4n) is 10.2. The van der Waals surface area contributed by atoms with Crippen molar-refractivity contribution in [3.63, 3.8) is 0 Å². The highest BCUT2D eigenvalue weighted by Gasteiger charge is 2.43. The molecule has 300 valence electrons. The summed E-state index contributed by atoms with van der Waals surface area (Å²) in [5.74, 6) is 1.74. The van der Waals surface area contributed by atoms with Crippen LogP contribution in [0.3, 0.4) is 0 Å². The normalized spacial score (nSPS) is 12.1. The molecule has 0 aliphatic rings. The highest BCUT2D eigenvalue weighted by Crippen LogP contribution is 2.36. The fourth-order valence-corrected chi connectivity index (χ4v) is 16.8. The summed E-state index contributed by atoms with van der Waals surface area (Å²) in [6.07, 6.45) is 0. The second kappa shape index (κ2) is 14.6. The van der Waals surface area contributed by atoms with E-state index >= 15 is 0 Å². The van der Waals surface area contributed by atoms with E-state index in [1.165, 1.54) is 40.9 Å².